The predicted molar refractivity (Wildman–Crippen MR) is 73.6 cm³/mol. The summed E-state index contributed by atoms with van der Waals surface area (Å²) in [5.41, 5.74) is 1.32. The van der Waals surface area contributed by atoms with Gasteiger partial charge in [0.25, 0.3) is 0 Å². The Hall–Kier alpha value is -1.06. The lowest BCUT2D eigenvalue weighted by molar-refractivity contribution is -0.119. The number of carbonyl (C=O) groups excluding carboxylic acids is 1. The third-order valence-electron chi connectivity index (χ3n) is 3.24. The van der Waals surface area contributed by atoms with Crippen LogP contribution in [0.2, 0.25) is 0 Å². The van der Waals surface area contributed by atoms with E-state index in [0.717, 1.165) is 32.5 Å². The first-order valence-electron chi connectivity index (χ1n) is 6.39. The topological polar surface area (TPSA) is 32.3 Å². The average molecular weight is 267 g/mol. The summed E-state index contributed by atoms with van der Waals surface area (Å²) >= 11 is 5.51. The third-order valence-corrected chi connectivity index (χ3v) is 3.48. The molecule has 2 rings (SSSR count). The SMILES string of the molecule is O=C(CCl)NC1CCCN(Cc2ccccc2)C1. The highest BCUT2D eigenvalue weighted by molar-refractivity contribution is 6.27. The first-order chi connectivity index (χ1) is 8.78. The monoisotopic (exact) mass is 266 g/mol. The largest absolute Gasteiger partial charge is 0.351 e. The quantitative estimate of drug-likeness (QED) is 0.846. The second kappa shape index (κ2) is 6.76. The summed E-state index contributed by atoms with van der Waals surface area (Å²) in [6.07, 6.45) is 2.17. The number of alkyl halides is 1. The summed E-state index contributed by atoms with van der Waals surface area (Å²) in [7, 11) is 0. The molecule has 0 spiro atoms. The normalized spacial score (nSPS) is 20.6. The van der Waals surface area contributed by atoms with E-state index in [2.05, 4.69) is 34.5 Å². The van der Waals surface area contributed by atoms with Gasteiger partial charge in [0, 0.05) is 19.1 Å². The molecule has 1 heterocycles. The van der Waals surface area contributed by atoms with Crippen molar-refractivity contribution in [2.75, 3.05) is 19.0 Å². The zero-order chi connectivity index (χ0) is 12.8. The van der Waals surface area contributed by atoms with Crippen molar-refractivity contribution in [2.24, 2.45) is 0 Å². The predicted octanol–water partition coefficient (Wildman–Crippen LogP) is 2.01. The van der Waals surface area contributed by atoms with Gasteiger partial charge >= 0.3 is 0 Å². The van der Waals surface area contributed by atoms with Gasteiger partial charge in [-0.05, 0) is 24.9 Å². The minimum absolute atomic E-state index is 0.0508. The molecule has 1 fully saturated rings. The van der Waals surface area contributed by atoms with E-state index in [9.17, 15) is 4.79 Å². The number of amides is 1. The van der Waals surface area contributed by atoms with E-state index in [1.54, 1.807) is 0 Å². The van der Waals surface area contributed by atoms with E-state index in [1.807, 2.05) is 6.07 Å². The van der Waals surface area contributed by atoms with E-state index in [1.165, 1.54) is 5.56 Å². The Kier molecular flexibility index (Phi) is 5.02. The number of halogens is 1. The number of carbonyl (C=O) groups is 1. The zero-order valence-electron chi connectivity index (χ0n) is 10.4. The number of nitrogens with zero attached hydrogens (tertiary/aromatic N) is 1. The Balaban J connectivity index is 1.85. The fourth-order valence-electron chi connectivity index (χ4n) is 2.42. The zero-order valence-corrected chi connectivity index (χ0v) is 11.2. The number of benzene rings is 1. The molecule has 1 aromatic rings. The summed E-state index contributed by atoms with van der Waals surface area (Å²) in [6.45, 7) is 2.97. The van der Waals surface area contributed by atoms with Gasteiger partial charge in [0.05, 0.1) is 0 Å². The number of nitrogens with one attached hydrogen (secondary N) is 1. The van der Waals surface area contributed by atoms with Crippen LogP contribution in [0.1, 0.15) is 18.4 Å². The minimum Gasteiger partial charge on any atom is -0.351 e. The molecule has 1 aliphatic rings. The van der Waals surface area contributed by atoms with Crippen LogP contribution in [0.4, 0.5) is 0 Å². The number of piperidine rings is 1. The Morgan fingerprint density at radius 3 is 2.89 bits per heavy atom. The van der Waals surface area contributed by atoms with Crippen LogP contribution >= 0.6 is 11.6 Å². The van der Waals surface area contributed by atoms with Gasteiger partial charge in [-0.3, -0.25) is 9.69 Å². The fraction of sp³-hybridized carbons (Fsp3) is 0.500. The van der Waals surface area contributed by atoms with Crippen LogP contribution in [0.3, 0.4) is 0 Å². The molecule has 0 radical (unpaired) electrons. The smallest absolute Gasteiger partial charge is 0.235 e. The molecule has 1 unspecified atom stereocenters. The third kappa shape index (κ3) is 4.00. The van der Waals surface area contributed by atoms with Gasteiger partial charge in [-0.2, -0.15) is 0 Å². The van der Waals surface area contributed by atoms with Gasteiger partial charge in [-0.1, -0.05) is 30.3 Å². The van der Waals surface area contributed by atoms with Gasteiger partial charge in [0.2, 0.25) is 5.91 Å². The first kappa shape index (κ1) is 13.4. The standard InChI is InChI=1S/C14H19ClN2O/c15-9-14(18)16-13-7-4-8-17(11-13)10-12-5-2-1-3-6-12/h1-3,5-6,13H,4,7-11H2,(H,16,18). The molecule has 98 valence electrons. The van der Waals surface area contributed by atoms with Crippen LogP contribution in [-0.4, -0.2) is 35.8 Å². The number of hydrogen-bond donors (Lipinski definition) is 1. The number of hydrogen-bond acceptors (Lipinski definition) is 2. The van der Waals surface area contributed by atoms with Crippen molar-refractivity contribution in [3.63, 3.8) is 0 Å². The molecule has 18 heavy (non-hydrogen) atoms. The summed E-state index contributed by atoms with van der Waals surface area (Å²) in [5.74, 6) is -0.0157. The van der Waals surface area contributed by atoms with E-state index in [0.29, 0.717) is 0 Å². The molecular formula is C14H19ClN2O. The molecule has 1 atom stereocenters. The Morgan fingerprint density at radius 2 is 2.17 bits per heavy atom. The fourth-order valence-corrected chi connectivity index (χ4v) is 2.50. The highest BCUT2D eigenvalue weighted by Crippen LogP contribution is 2.13. The molecule has 4 heteroatoms. The summed E-state index contributed by atoms with van der Waals surface area (Å²) in [4.78, 5) is 13.7. The lowest BCUT2D eigenvalue weighted by Crippen LogP contribution is -2.47. The molecule has 0 saturated carbocycles. The maximum Gasteiger partial charge on any atom is 0.235 e. The van der Waals surface area contributed by atoms with E-state index in [4.69, 9.17) is 11.6 Å². The van der Waals surface area contributed by atoms with E-state index in [-0.39, 0.29) is 17.8 Å². The molecule has 1 N–H and O–H groups in total. The molecule has 1 aliphatic heterocycles. The molecule has 1 amide bonds. The van der Waals surface area contributed by atoms with E-state index >= 15 is 0 Å². The minimum atomic E-state index is -0.0665. The molecule has 3 nitrogen and oxygen atoms in total. The lowest BCUT2D eigenvalue weighted by atomic mass is 10.0. The average Bonchev–Trinajstić information content (AvgIpc) is 2.40. The molecule has 1 saturated heterocycles. The van der Waals surface area contributed by atoms with Crippen molar-refractivity contribution in [3.05, 3.63) is 35.9 Å². The Bertz CT molecular complexity index is 383. The molecule has 0 aliphatic carbocycles. The number of likely N-dealkylation sites (tertiary alicyclic amines) is 1. The van der Waals surface area contributed by atoms with Crippen molar-refractivity contribution in [3.8, 4) is 0 Å². The molecule has 0 aromatic heterocycles. The van der Waals surface area contributed by atoms with E-state index < -0.39 is 0 Å². The highest BCUT2D eigenvalue weighted by atomic mass is 35.5. The summed E-state index contributed by atoms with van der Waals surface area (Å²) < 4.78 is 0. The second-order valence-corrected chi connectivity index (χ2v) is 5.03. The van der Waals surface area contributed by atoms with Crippen molar-refractivity contribution in [2.45, 2.75) is 25.4 Å². The maximum atomic E-state index is 11.3. The highest BCUT2D eigenvalue weighted by Gasteiger charge is 2.20. The Labute approximate surface area is 113 Å². The Morgan fingerprint density at radius 1 is 1.39 bits per heavy atom. The van der Waals surface area contributed by atoms with Gasteiger partial charge in [-0.25, -0.2) is 0 Å². The van der Waals surface area contributed by atoms with Crippen LogP contribution in [0.5, 0.6) is 0 Å². The van der Waals surface area contributed by atoms with Crippen LogP contribution < -0.4 is 5.32 Å². The van der Waals surface area contributed by atoms with Gasteiger partial charge in [0.15, 0.2) is 0 Å². The molecular weight excluding hydrogens is 248 g/mol. The second-order valence-electron chi connectivity index (χ2n) is 4.76. The van der Waals surface area contributed by atoms with Crippen LogP contribution in [0.25, 0.3) is 0 Å². The summed E-state index contributed by atoms with van der Waals surface area (Å²) in [5, 5.41) is 2.97. The lowest BCUT2D eigenvalue weighted by Gasteiger charge is -2.33. The van der Waals surface area contributed by atoms with Crippen LogP contribution in [-0.2, 0) is 11.3 Å². The van der Waals surface area contributed by atoms with Gasteiger partial charge in [-0.15, -0.1) is 11.6 Å². The molecule has 0 bridgehead atoms. The number of rotatable bonds is 4. The first-order valence-corrected chi connectivity index (χ1v) is 6.93. The van der Waals surface area contributed by atoms with Crippen LogP contribution in [0.15, 0.2) is 30.3 Å². The van der Waals surface area contributed by atoms with Gasteiger partial charge < -0.3 is 5.32 Å². The summed E-state index contributed by atoms with van der Waals surface area (Å²) in [6, 6.07) is 10.7. The van der Waals surface area contributed by atoms with Gasteiger partial charge in [0.1, 0.15) is 5.88 Å². The van der Waals surface area contributed by atoms with Crippen molar-refractivity contribution in [1.29, 1.82) is 0 Å². The molecule has 1 aromatic carbocycles. The van der Waals surface area contributed by atoms with Crippen molar-refractivity contribution >= 4 is 17.5 Å². The van der Waals surface area contributed by atoms with Crippen LogP contribution in [0, 0.1) is 0 Å². The maximum absolute atomic E-state index is 11.3. The van der Waals surface area contributed by atoms with Crippen molar-refractivity contribution < 1.29 is 4.79 Å². The van der Waals surface area contributed by atoms with Crippen molar-refractivity contribution in [1.82, 2.24) is 10.2 Å².